The first-order valence-electron chi connectivity index (χ1n) is 14.2. The molecule has 0 saturated carbocycles. The Kier molecular flexibility index (Phi) is 4.93. The van der Waals surface area contributed by atoms with Gasteiger partial charge in [-0.25, -0.2) is 4.99 Å². The minimum Gasteiger partial charge on any atom is -0.456 e. The fourth-order valence-electron chi connectivity index (χ4n) is 6.36. The van der Waals surface area contributed by atoms with E-state index >= 15 is 0 Å². The van der Waals surface area contributed by atoms with Gasteiger partial charge in [-0.1, -0.05) is 91.0 Å². The van der Waals surface area contributed by atoms with E-state index in [-0.39, 0.29) is 6.04 Å². The lowest BCUT2D eigenvalue weighted by Crippen LogP contribution is -2.32. The van der Waals surface area contributed by atoms with Crippen LogP contribution in [0, 0.1) is 0 Å². The molecule has 0 fully saturated rings. The molecule has 9 rings (SSSR count). The topological polar surface area (TPSA) is 50.7 Å². The molecule has 4 nitrogen and oxygen atoms in total. The van der Waals surface area contributed by atoms with Crippen molar-refractivity contribution in [3.05, 3.63) is 150 Å². The molecule has 3 heterocycles. The van der Waals surface area contributed by atoms with Gasteiger partial charge in [-0.2, -0.15) is 0 Å². The zero-order chi connectivity index (χ0) is 27.6. The van der Waals surface area contributed by atoms with Gasteiger partial charge in [0.2, 0.25) is 0 Å². The number of aliphatic imine (C=N–C) groups is 1. The number of hydrogen-bond donors (Lipinski definition) is 1. The van der Waals surface area contributed by atoms with Gasteiger partial charge >= 0.3 is 0 Å². The molecule has 1 aliphatic rings. The molecule has 0 amide bonds. The molecule has 2 aromatic heterocycles. The van der Waals surface area contributed by atoms with Crippen molar-refractivity contribution in [2.75, 3.05) is 0 Å². The van der Waals surface area contributed by atoms with Gasteiger partial charge < -0.3 is 14.2 Å². The molecule has 198 valence electrons. The molecular formula is C38H24N2O2. The zero-order valence-electron chi connectivity index (χ0n) is 22.5. The number of para-hydroxylation sites is 2. The third-order valence-electron chi connectivity index (χ3n) is 8.35. The number of hydrogen-bond acceptors (Lipinski definition) is 4. The molecule has 1 unspecified atom stereocenters. The number of furan rings is 2. The summed E-state index contributed by atoms with van der Waals surface area (Å²) in [7, 11) is 0. The molecule has 0 bridgehead atoms. The van der Waals surface area contributed by atoms with Crippen molar-refractivity contribution in [1.82, 2.24) is 5.32 Å². The monoisotopic (exact) mass is 540 g/mol. The largest absolute Gasteiger partial charge is 0.456 e. The van der Waals surface area contributed by atoms with Crippen LogP contribution in [0.15, 0.2) is 147 Å². The average molecular weight is 541 g/mol. The van der Waals surface area contributed by atoms with E-state index in [1.807, 2.05) is 30.3 Å². The lowest BCUT2D eigenvalue weighted by atomic mass is 9.94. The van der Waals surface area contributed by atoms with Gasteiger partial charge in [0.15, 0.2) is 0 Å². The van der Waals surface area contributed by atoms with Crippen LogP contribution in [0.25, 0.3) is 55.0 Å². The van der Waals surface area contributed by atoms with Gasteiger partial charge in [-0.05, 0) is 59.2 Å². The van der Waals surface area contributed by atoms with Crippen LogP contribution in [0.4, 0.5) is 5.69 Å². The fourth-order valence-corrected chi connectivity index (χ4v) is 6.36. The van der Waals surface area contributed by atoms with Crippen molar-refractivity contribution in [1.29, 1.82) is 0 Å². The molecular weight excluding hydrogens is 516 g/mol. The number of rotatable bonds is 3. The second kappa shape index (κ2) is 8.95. The highest BCUT2D eigenvalue weighted by atomic mass is 16.3. The van der Waals surface area contributed by atoms with E-state index in [2.05, 4.69) is 108 Å². The molecule has 6 aromatic carbocycles. The van der Waals surface area contributed by atoms with Crippen molar-refractivity contribution in [2.24, 2.45) is 4.99 Å². The Morgan fingerprint density at radius 2 is 1.19 bits per heavy atom. The van der Waals surface area contributed by atoms with E-state index in [4.69, 9.17) is 13.8 Å². The SMILES string of the molecule is c1ccc(C2NC(c3cccc4oc5ccc(-c6ccc7oc8ccccc8c7c6)cc5c34)=Nc3ccccc32)cc1. The van der Waals surface area contributed by atoms with Crippen LogP contribution in [0.1, 0.15) is 22.7 Å². The summed E-state index contributed by atoms with van der Waals surface area (Å²) in [4.78, 5) is 5.12. The Bertz CT molecular complexity index is 2340. The van der Waals surface area contributed by atoms with E-state index in [9.17, 15) is 0 Å². The summed E-state index contributed by atoms with van der Waals surface area (Å²) < 4.78 is 12.4. The van der Waals surface area contributed by atoms with Crippen LogP contribution in [0.5, 0.6) is 0 Å². The Hall–Kier alpha value is -5.61. The van der Waals surface area contributed by atoms with Crippen LogP contribution in [0.3, 0.4) is 0 Å². The van der Waals surface area contributed by atoms with Gasteiger partial charge in [-0.3, -0.25) is 0 Å². The molecule has 1 aliphatic heterocycles. The third kappa shape index (κ3) is 3.52. The van der Waals surface area contributed by atoms with Crippen LogP contribution in [0.2, 0.25) is 0 Å². The van der Waals surface area contributed by atoms with E-state index in [1.165, 1.54) is 11.1 Å². The van der Waals surface area contributed by atoms with Crippen molar-refractivity contribution >= 4 is 55.4 Å². The molecule has 4 heteroatoms. The first-order chi connectivity index (χ1) is 20.8. The van der Waals surface area contributed by atoms with Crippen LogP contribution in [-0.4, -0.2) is 5.84 Å². The van der Waals surface area contributed by atoms with Crippen molar-refractivity contribution in [3.8, 4) is 11.1 Å². The van der Waals surface area contributed by atoms with Gasteiger partial charge in [-0.15, -0.1) is 0 Å². The van der Waals surface area contributed by atoms with E-state index in [0.717, 1.165) is 72.1 Å². The lowest BCUT2D eigenvalue weighted by molar-refractivity contribution is 0.668. The predicted molar refractivity (Wildman–Crippen MR) is 170 cm³/mol. The van der Waals surface area contributed by atoms with Crippen molar-refractivity contribution in [3.63, 3.8) is 0 Å². The lowest BCUT2D eigenvalue weighted by Gasteiger charge is -2.28. The quantitative estimate of drug-likeness (QED) is 0.243. The second-order valence-corrected chi connectivity index (χ2v) is 10.8. The van der Waals surface area contributed by atoms with E-state index < -0.39 is 0 Å². The molecule has 0 radical (unpaired) electrons. The molecule has 0 aliphatic carbocycles. The summed E-state index contributed by atoms with van der Waals surface area (Å²) in [5, 5.41) is 8.13. The Labute approximate surface area is 241 Å². The van der Waals surface area contributed by atoms with Gasteiger partial charge in [0.1, 0.15) is 28.2 Å². The highest BCUT2D eigenvalue weighted by molar-refractivity contribution is 6.19. The minimum absolute atomic E-state index is 0.00427. The maximum atomic E-state index is 6.37. The molecule has 1 atom stereocenters. The number of benzene rings is 6. The van der Waals surface area contributed by atoms with Gasteiger partial charge in [0.05, 0.1) is 11.7 Å². The minimum atomic E-state index is -0.00427. The fraction of sp³-hybridized carbons (Fsp3) is 0.0263. The van der Waals surface area contributed by atoms with Gasteiger partial charge in [0.25, 0.3) is 0 Å². The maximum absolute atomic E-state index is 6.37. The summed E-state index contributed by atoms with van der Waals surface area (Å²) in [5.74, 6) is 0.840. The highest BCUT2D eigenvalue weighted by Crippen LogP contribution is 2.39. The summed E-state index contributed by atoms with van der Waals surface area (Å²) in [6.45, 7) is 0. The number of nitrogens with zero attached hydrogens (tertiary/aromatic N) is 1. The van der Waals surface area contributed by atoms with Crippen molar-refractivity contribution < 1.29 is 8.83 Å². The first-order valence-corrected chi connectivity index (χ1v) is 14.2. The Morgan fingerprint density at radius 1 is 0.524 bits per heavy atom. The number of fused-ring (bicyclic) bond motifs is 7. The second-order valence-electron chi connectivity index (χ2n) is 10.8. The average Bonchev–Trinajstić information content (AvgIpc) is 3.62. The highest BCUT2D eigenvalue weighted by Gasteiger charge is 2.26. The van der Waals surface area contributed by atoms with Crippen LogP contribution >= 0.6 is 0 Å². The predicted octanol–water partition coefficient (Wildman–Crippen LogP) is 9.92. The number of nitrogens with one attached hydrogen (secondary N) is 1. The van der Waals surface area contributed by atoms with Crippen molar-refractivity contribution in [2.45, 2.75) is 6.04 Å². The van der Waals surface area contributed by atoms with Gasteiger partial charge in [0, 0.05) is 32.7 Å². The Morgan fingerprint density at radius 3 is 2.07 bits per heavy atom. The summed E-state index contributed by atoms with van der Waals surface area (Å²) in [5.41, 5.74) is 10.1. The van der Waals surface area contributed by atoms with Crippen LogP contribution < -0.4 is 5.32 Å². The summed E-state index contributed by atoms with van der Waals surface area (Å²) in [6, 6.07) is 46.2. The smallest absolute Gasteiger partial charge is 0.136 e. The van der Waals surface area contributed by atoms with E-state index in [1.54, 1.807) is 0 Å². The molecule has 1 N–H and O–H groups in total. The molecule has 8 aromatic rings. The third-order valence-corrected chi connectivity index (χ3v) is 8.35. The van der Waals surface area contributed by atoms with E-state index in [0.29, 0.717) is 0 Å². The standard InChI is InChI=1S/C38H24N2O2/c1-2-9-23(10-3-1)37-27-12-4-6-14-31(27)39-38(40-37)28-13-8-16-35-36(28)30-22-25(18-20-34(30)42-35)24-17-19-33-29(21-24)26-11-5-7-15-32(26)41-33/h1-22,37H,(H,39,40). The molecule has 0 spiro atoms. The summed E-state index contributed by atoms with van der Waals surface area (Å²) in [6.07, 6.45) is 0. The maximum Gasteiger partial charge on any atom is 0.136 e. The normalized spacial score (nSPS) is 14.8. The first kappa shape index (κ1) is 23.1. The van der Waals surface area contributed by atoms with Crippen LogP contribution in [-0.2, 0) is 0 Å². The number of amidine groups is 1. The summed E-state index contributed by atoms with van der Waals surface area (Å²) >= 11 is 0. The molecule has 42 heavy (non-hydrogen) atoms. The molecule has 0 saturated heterocycles. The Balaban J connectivity index is 1.22. The zero-order valence-corrected chi connectivity index (χ0v) is 22.5.